The third kappa shape index (κ3) is 5.02. The van der Waals surface area contributed by atoms with Crippen LogP contribution in [0.5, 0.6) is 17.2 Å². The van der Waals surface area contributed by atoms with Crippen molar-refractivity contribution in [3.63, 3.8) is 0 Å². The Hall–Kier alpha value is -4.46. The second-order valence-electron chi connectivity index (χ2n) is 8.91. The summed E-state index contributed by atoms with van der Waals surface area (Å²) in [6.07, 6.45) is 0. The smallest absolute Gasteiger partial charge is 0.272 e. The first-order valence-electron chi connectivity index (χ1n) is 12.8. The van der Waals surface area contributed by atoms with Crippen molar-refractivity contribution in [3.05, 3.63) is 84.6 Å². The molecule has 0 N–H and O–H groups in total. The molecule has 0 aliphatic carbocycles. The summed E-state index contributed by atoms with van der Waals surface area (Å²) in [7, 11) is 3.23. The lowest BCUT2D eigenvalue weighted by Crippen LogP contribution is -2.49. The van der Waals surface area contributed by atoms with Crippen molar-refractivity contribution in [1.29, 1.82) is 0 Å². The van der Waals surface area contributed by atoms with E-state index in [2.05, 4.69) is 11.0 Å². The number of anilines is 1. The molecule has 0 radical (unpaired) electrons. The third-order valence-corrected chi connectivity index (χ3v) is 6.69. The molecule has 1 saturated heterocycles. The number of para-hydroxylation sites is 3. The number of ether oxygens (including phenoxy) is 3. The van der Waals surface area contributed by atoms with Crippen LogP contribution in [0.3, 0.4) is 0 Å². The summed E-state index contributed by atoms with van der Waals surface area (Å²) < 4.78 is 18.5. The van der Waals surface area contributed by atoms with Gasteiger partial charge in [0.2, 0.25) is 0 Å². The molecule has 8 heteroatoms. The minimum atomic E-state index is -0.0576. The van der Waals surface area contributed by atoms with Gasteiger partial charge in [-0.05, 0) is 49.4 Å². The highest BCUT2D eigenvalue weighted by molar-refractivity contribution is 5.95. The highest BCUT2D eigenvalue weighted by Gasteiger charge is 2.28. The maximum absolute atomic E-state index is 13.9. The maximum Gasteiger partial charge on any atom is 0.272 e. The highest BCUT2D eigenvalue weighted by Crippen LogP contribution is 2.34. The highest BCUT2D eigenvalue weighted by atomic mass is 16.5. The Labute approximate surface area is 223 Å². The van der Waals surface area contributed by atoms with Crippen molar-refractivity contribution in [1.82, 2.24) is 14.7 Å². The Bertz CT molecular complexity index is 1390. The van der Waals surface area contributed by atoms with Gasteiger partial charge in [-0.2, -0.15) is 5.10 Å². The molecule has 1 aliphatic heterocycles. The molecule has 196 valence electrons. The van der Waals surface area contributed by atoms with E-state index in [4.69, 9.17) is 19.3 Å². The van der Waals surface area contributed by atoms with Gasteiger partial charge < -0.3 is 24.0 Å². The molecule has 3 aromatic carbocycles. The van der Waals surface area contributed by atoms with Crippen molar-refractivity contribution in [2.75, 3.05) is 51.9 Å². The Morgan fingerprint density at radius 3 is 2.29 bits per heavy atom. The molecule has 1 aromatic heterocycles. The van der Waals surface area contributed by atoms with Crippen molar-refractivity contribution in [2.24, 2.45) is 0 Å². The molecule has 1 aliphatic rings. The predicted molar refractivity (Wildman–Crippen MR) is 148 cm³/mol. The number of benzene rings is 3. The number of piperazine rings is 1. The zero-order chi connectivity index (χ0) is 26.5. The summed E-state index contributed by atoms with van der Waals surface area (Å²) in [5, 5.41) is 4.85. The monoisotopic (exact) mass is 512 g/mol. The average Bonchev–Trinajstić information content (AvgIpc) is 3.43. The van der Waals surface area contributed by atoms with Crippen molar-refractivity contribution in [3.8, 4) is 34.2 Å². The number of carbonyl (C=O) groups excluding carboxylic acids is 1. The van der Waals surface area contributed by atoms with E-state index >= 15 is 0 Å². The predicted octanol–water partition coefficient (Wildman–Crippen LogP) is 4.92. The fraction of sp³-hybridized carbons (Fsp3) is 0.267. The van der Waals surface area contributed by atoms with Crippen LogP contribution in [0.2, 0.25) is 0 Å². The zero-order valence-electron chi connectivity index (χ0n) is 22.0. The minimum Gasteiger partial charge on any atom is -0.497 e. The fourth-order valence-electron chi connectivity index (χ4n) is 4.75. The number of aromatic nitrogens is 2. The molecule has 1 amide bonds. The molecular weight excluding hydrogens is 480 g/mol. The van der Waals surface area contributed by atoms with Crippen molar-refractivity contribution >= 4 is 11.6 Å². The lowest BCUT2D eigenvalue weighted by Gasteiger charge is -2.36. The first-order chi connectivity index (χ1) is 18.6. The maximum atomic E-state index is 13.9. The van der Waals surface area contributed by atoms with Crippen LogP contribution in [0.4, 0.5) is 5.69 Å². The summed E-state index contributed by atoms with van der Waals surface area (Å²) >= 11 is 0. The number of amides is 1. The van der Waals surface area contributed by atoms with Gasteiger partial charge in [0.1, 0.15) is 22.9 Å². The van der Waals surface area contributed by atoms with E-state index in [9.17, 15) is 4.79 Å². The van der Waals surface area contributed by atoms with Gasteiger partial charge in [-0.3, -0.25) is 4.79 Å². The summed E-state index contributed by atoms with van der Waals surface area (Å²) in [4.78, 5) is 18.0. The van der Waals surface area contributed by atoms with E-state index < -0.39 is 0 Å². The van der Waals surface area contributed by atoms with Crippen LogP contribution >= 0.6 is 0 Å². The molecule has 5 rings (SSSR count). The number of hydrogen-bond acceptors (Lipinski definition) is 6. The third-order valence-electron chi connectivity index (χ3n) is 6.69. The van der Waals surface area contributed by atoms with E-state index in [-0.39, 0.29) is 5.91 Å². The summed E-state index contributed by atoms with van der Waals surface area (Å²) in [6.45, 7) is 5.23. The van der Waals surface area contributed by atoms with Crippen LogP contribution in [0.1, 0.15) is 17.4 Å². The van der Waals surface area contributed by atoms with Gasteiger partial charge in [0.15, 0.2) is 0 Å². The molecule has 38 heavy (non-hydrogen) atoms. The van der Waals surface area contributed by atoms with Gasteiger partial charge in [0.05, 0.1) is 37.9 Å². The summed E-state index contributed by atoms with van der Waals surface area (Å²) in [6, 6.07) is 25.2. The van der Waals surface area contributed by atoms with Crippen LogP contribution < -0.4 is 19.1 Å². The van der Waals surface area contributed by atoms with E-state index in [1.54, 1.807) is 18.9 Å². The number of methoxy groups -OCH3 is 2. The van der Waals surface area contributed by atoms with Gasteiger partial charge in [-0.1, -0.05) is 30.3 Å². The number of hydrogen-bond donors (Lipinski definition) is 0. The van der Waals surface area contributed by atoms with Gasteiger partial charge in [0, 0.05) is 37.8 Å². The Balaban J connectivity index is 1.44. The van der Waals surface area contributed by atoms with Crippen molar-refractivity contribution in [2.45, 2.75) is 6.92 Å². The number of carbonyl (C=O) groups is 1. The Kier molecular flexibility index (Phi) is 7.49. The van der Waals surface area contributed by atoms with Crippen LogP contribution in [0.15, 0.2) is 78.9 Å². The second-order valence-corrected chi connectivity index (χ2v) is 8.91. The van der Waals surface area contributed by atoms with Crippen LogP contribution in [0.25, 0.3) is 16.9 Å². The van der Waals surface area contributed by atoms with Crippen LogP contribution in [0, 0.1) is 0 Å². The molecule has 0 saturated carbocycles. The van der Waals surface area contributed by atoms with Gasteiger partial charge in [-0.25, -0.2) is 4.68 Å². The first kappa shape index (κ1) is 25.2. The second kappa shape index (κ2) is 11.3. The molecule has 4 aromatic rings. The molecule has 0 spiro atoms. The lowest BCUT2D eigenvalue weighted by atomic mass is 10.1. The average molecular weight is 513 g/mol. The van der Waals surface area contributed by atoms with E-state index in [0.29, 0.717) is 55.7 Å². The molecule has 0 atom stereocenters. The molecule has 1 fully saturated rings. The zero-order valence-corrected chi connectivity index (χ0v) is 22.0. The lowest BCUT2D eigenvalue weighted by molar-refractivity contribution is 0.0737. The SMILES string of the molecule is CCOc1ccccc1N1CCN(C(=O)c2cc(-c3ccc(OC)cc3OC)nn2-c2ccccc2)CC1. The number of nitrogens with zero attached hydrogens (tertiary/aromatic N) is 4. The van der Waals surface area contributed by atoms with Crippen molar-refractivity contribution < 1.29 is 19.0 Å². The number of rotatable bonds is 8. The normalized spacial score (nSPS) is 13.3. The topological polar surface area (TPSA) is 69.1 Å². The molecule has 0 bridgehead atoms. The summed E-state index contributed by atoms with van der Waals surface area (Å²) in [5.41, 5.74) is 3.83. The van der Waals surface area contributed by atoms with Gasteiger partial charge >= 0.3 is 0 Å². The van der Waals surface area contributed by atoms with Crippen LogP contribution in [-0.2, 0) is 0 Å². The van der Waals surface area contributed by atoms with Gasteiger partial charge in [0.25, 0.3) is 5.91 Å². The van der Waals surface area contributed by atoms with E-state index in [1.165, 1.54) is 0 Å². The minimum absolute atomic E-state index is 0.0576. The largest absolute Gasteiger partial charge is 0.497 e. The standard InChI is InChI=1S/C30H32N4O4/c1-4-38-28-13-9-8-12-26(28)32-16-18-33(19-17-32)30(35)27-21-25(31-34(27)22-10-6-5-7-11-22)24-15-14-23(36-2)20-29(24)37-3/h5-15,20-21H,4,16-19H2,1-3H3. The molecule has 8 nitrogen and oxygen atoms in total. The fourth-order valence-corrected chi connectivity index (χ4v) is 4.75. The molecule has 2 heterocycles. The summed E-state index contributed by atoms with van der Waals surface area (Å²) in [5.74, 6) is 2.13. The Morgan fingerprint density at radius 1 is 0.842 bits per heavy atom. The quantitative estimate of drug-likeness (QED) is 0.334. The first-order valence-corrected chi connectivity index (χ1v) is 12.8. The Morgan fingerprint density at radius 2 is 1.58 bits per heavy atom. The molecular formula is C30H32N4O4. The van der Waals surface area contributed by atoms with Gasteiger partial charge in [-0.15, -0.1) is 0 Å². The van der Waals surface area contributed by atoms with Crippen LogP contribution in [-0.4, -0.2) is 67.6 Å². The van der Waals surface area contributed by atoms with E-state index in [1.807, 2.05) is 84.6 Å². The van der Waals surface area contributed by atoms with E-state index in [0.717, 1.165) is 22.7 Å². The molecule has 0 unspecified atom stereocenters.